The van der Waals surface area contributed by atoms with Gasteiger partial charge in [-0.25, -0.2) is 0 Å². The minimum absolute atomic E-state index is 0.0235. The Morgan fingerprint density at radius 3 is 2.61 bits per heavy atom. The van der Waals surface area contributed by atoms with Crippen molar-refractivity contribution in [1.82, 2.24) is 9.13 Å². The van der Waals surface area contributed by atoms with E-state index >= 15 is 0 Å². The van der Waals surface area contributed by atoms with E-state index in [1.54, 1.807) is 11.8 Å². The Morgan fingerprint density at radius 1 is 1.15 bits per heavy atom. The Bertz CT molecular complexity index is 1380. The summed E-state index contributed by atoms with van der Waals surface area (Å²) in [7, 11) is 2.09. The van der Waals surface area contributed by atoms with Crippen LogP contribution in [-0.2, 0) is 18.4 Å². The Labute approximate surface area is 202 Å². The second-order valence-electron chi connectivity index (χ2n) is 9.25. The molecule has 4 aromatic rings. The summed E-state index contributed by atoms with van der Waals surface area (Å²) in [5, 5.41) is 11.6. The minimum atomic E-state index is -0.734. The largest absolute Gasteiger partial charge is 0.481 e. The lowest BCUT2D eigenvalue weighted by atomic mass is 9.97. The van der Waals surface area contributed by atoms with Crippen molar-refractivity contribution in [1.29, 1.82) is 0 Å². The zero-order valence-corrected chi connectivity index (χ0v) is 20.0. The van der Waals surface area contributed by atoms with Gasteiger partial charge in [0.1, 0.15) is 0 Å². The first-order valence-electron chi connectivity index (χ1n) is 11.5. The first kappa shape index (κ1) is 20.9. The SMILES string of the molecule is Cn1cccc1-c1cc(C2CC2)cc2c1c(Sc1ccc(Cl)cc1)c1n2CCC1CC(=O)O. The third-order valence-electron chi connectivity index (χ3n) is 6.99. The average Bonchev–Trinajstić information content (AvgIpc) is 3.32. The Hall–Kier alpha value is -2.63. The molecule has 0 bridgehead atoms. The lowest BCUT2D eigenvalue weighted by Crippen LogP contribution is -2.04. The van der Waals surface area contributed by atoms with Gasteiger partial charge in [-0.2, -0.15) is 0 Å². The molecule has 2 aromatic heterocycles. The smallest absolute Gasteiger partial charge is 0.304 e. The highest BCUT2D eigenvalue weighted by Crippen LogP contribution is 2.51. The van der Waals surface area contributed by atoms with Gasteiger partial charge in [0.15, 0.2) is 0 Å². The fourth-order valence-corrected chi connectivity index (χ4v) is 6.61. The maximum Gasteiger partial charge on any atom is 0.304 e. The predicted octanol–water partition coefficient (Wildman–Crippen LogP) is 7.29. The van der Waals surface area contributed by atoms with E-state index in [2.05, 4.69) is 46.6 Å². The van der Waals surface area contributed by atoms with Gasteiger partial charge >= 0.3 is 5.97 Å². The van der Waals surface area contributed by atoms with Gasteiger partial charge in [-0.15, -0.1) is 0 Å². The van der Waals surface area contributed by atoms with Crippen molar-refractivity contribution >= 4 is 40.2 Å². The maximum atomic E-state index is 11.7. The molecule has 2 aliphatic rings. The number of rotatable bonds is 6. The van der Waals surface area contributed by atoms with Crippen molar-refractivity contribution in [2.24, 2.45) is 7.05 Å². The van der Waals surface area contributed by atoms with E-state index in [9.17, 15) is 9.90 Å². The maximum absolute atomic E-state index is 11.7. The Kier molecular flexibility index (Phi) is 5.07. The van der Waals surface area contributed by atoms with Crippen LogP contribution in [0.1, 0.15) is 48.8 Å². The molecule has 0 spiro atoms. The van der Waals surface area contributed by atoms with Crippen molar-refractivity contribution in [3.05, 3.63) is 71.0 Å². The molecule has 3 heterocycles. The summed E-state index contributed by atoms with van der Waals surface area (Å²) < 4.78 is 4.58. The number of carboxylic acid groups (broad SMARTS) is 1. The van der Waals surface area contributed by atoms with E-state index in [1.807, 2.05) is 24.3 Å². The summed E-state index contributed by atoms with van der Waals surface area (Å²) >= 11 is 7.88. The van der Waals surface area contributed by atoms with Crippen molar-refractivity contribution in [3.63, 3.8) is 0 Å². The van der Waals surface area contributed by atoms with Crippen molar-refractivity contribution in [2.75, 3.05) is 0 Å². The first-order valence-corrected chi connectivity index (χ1v) is 12.7. The molecule has 168 valence electrons. The van der Waals surface area contributed by atoms with E-state index < -0.39 is 5.97 Å². The quantitative estimate of drug-likeness (QED) is 0.318. The molecule has 2 aromatic carbocycles. The summed E-state index contributed by atoms with van der Waals surface area (Å²) in [6.07, 6.45) is 5.63. The van der Waals surface area contributed by atoms with Crippen LogP contribution in [0.5, 0.6) is 0 Å². The highest BCUT2D eigenvalue weighted by atomic mass is 35.5. The number of hydrogen-bond acceptors (Lipinski definition) is 2. The molecule has 4 nitrogen and oxygen atoms in total. The lowest BCUT2D eigenvalue weighted by molar-refractivity contribution is -0.137. The van der Waals surface area contributed by atoms with Crippen LogP contribution in [-0.4, -0.2) is 20.2 Å². The van der Waals surface area contributed by atoms with E-state index in [4.69, 9.17) is 11.6 Å². The van der Waals surface area contributed by atoms with Crippen LogP contribution in [0.15, 0.2) is 64.5 Å². The van der Waals surface area contributed by atoms with Crippen LogP contribution < -0.4 is 0 Å². The van der Waals surface area contributed by atoms with Crippen LogP contribution in [0.25, 0.3) is 22.2 Å². The number of nitrogens with zero attached hydrogens (tertiary/aromatic N) is 2. The number of fused-ring (bicyclic) bond motifs is 3. The highest BCUT2D eigenvalue weighted by molar-refractivity contribution is 7.99. The van der Waals surface area contributed by atoms with Gasteiger partial charge < -0.3 is 14.2 Å². The van der Waals surface area contributed by atoms with Gasteiger partial charge in [-0.3, -0.25) is 4.79 Å². The fraction of sp³-hybridized carbons (Fsp3) is 0.296. The monoisotopic (exact) mass is 476 g/mol. The molecule has 0 amide bonds. The van der Waals surface area contributed by atoms with Gasteiger partial charge in [0, 0.05) is 62.9 Å². The molecule has 0 saturated heterocycles. The summed E-state index contributed by atoms with van der Waals surface area (Å²) in [5.74, 6) is -0.0685. The summed E-state index contributed by atoms with van der Waals surface area (Å²) in [4.78, 5) is 14.0. The fourth-order valence-electron chi connectivity index (χ4n) is 5.28. The minimum Gasteiger partial charge on any atom is -0.481 e. The molecule has 0 radical (unpaired) electrons. The highest BCUT2D eigenvalue weighted by Gasteiger charge is 2.34. The summed E-state index contributed by atoms with van der Waals surface area (Å²) in [6, 6.07) is 16.9. The summed E-state index contributed by atoms with van der Waals surface area (Å²) in [5.41, 5.74) is 6.27. The van der Waals surface area contributed by atoms with E-state index in [0.717, 1.165) is 17.9 Å². The number of aromatic nitrogens is 2. The second kappa shape index (κ2) is 8.00. The number of aliphatic carboxylic acids is 1. The third kappa shape index (κ3) is 3.68. The molecule has 1 aliphatic carbocycles. The molecule has 1 unspecified atom stereocenters. The third-order valence-corrected chi connectivity index (χ3v) is 8.37. The van der Waals surface area contributed by atoms with E-state index in [1.165, 1.54) is 51.2 Å². The summed E-state index contributed by atoms with van der Waals surface area (Å²) in [6.45, 7) is 0.867. The second-order valence-corrected chi connectivity index (χ2v) is 10.8. The number of benzene rings is 2. The van der Waals surface area contributed by atoms with Crippen LogP contribution >= 0.6 is 23.4 Å². The van der Waals surface area contributed by atoms with Gasteiger partial charge in [-0.1, -0.05) is 23.4 Å². The predicted molar refractivity (Wildman–Crippen MR) is 134 cm³/mol. The zero-order valence-electron chi connectivity index (χ0n) is 18.4. The molecule has 1 N–H and O–H groups in total. The standard InChI is InChI=1S/C27H25ClN2O2S/c1-29-11-2-3-22(29)21-13-18(16-4-5-16)14-23-25(21)27(33-20-8-6-19(28)7-9-20)26-17(15-24(31)32)10-12-30(23)26/h2-3,6-9,11,13-14,16-17H,4-5,10,12,15H2,1H3,(H,31,32). The Balaban J connectivity index is 1.63. The normalized spacial score (nSPS) is 17.6. The van der Waals surface area contributed by atoms with Crippen LogP contribution in [0.3, 0.4) is 0 Å². The van der Waals surface area contributed by atoms with Crippen molar-refractivity contribution < 1.29 is 9.90 Å². The van der Waals surface area contributed by atoms with Crippen molar-refractivity contribution in [3.8, 4) is 11.3 Å². The number of halogens is 1. The van der Waals surface area contributed by atoms with Crippen LogP contribution in [0, 0.1) is 0 Å². The number of carboxylic acids is 1. The van der Waals surface area contributed by atoms with Crippen molar-refractivity contribution in [2.45, 2.75) is 53.9 Å². The topological polar surface area (TPSA) is 47.2 Å². The number of aryl methyl sites for hydroxylation is 2. The van der Waals surface area contributed by atoms with Crippen LogP contribution in [0.4, 0.5) is 0 Å². The molecule has 6 rings (SSSR count). The first-order chi connectivity index (χ1) is 16.0. The molecule has 1 saturated carbocycles. The molecule has 1 fully saturated rings. The van der Waals surface area contributed by atoms with E-state index in [-0.39, 0.29) is 12.3 Å². The van der Waals surface area contributed by atoms with Gasteiger partial charge in [-0.05, 0) is 79.3 Å². The lowest BCUT2D eigenvalue weighted by Gasteiger charge is -2.13. The van der Waals surface area contributed by atoms with Gasteiger partial charge in [0.25, 0.3) is 0 Å². The number of carbonyl (C=O) groups is 1. The molecule has 1 atom stereocenters. The van der Waals surface area contributed by atoms with Gasteiger partial charge in [0.05, 0.1) is 11.9 Å². The van der Waals surface area contributed by atoms with Gasteiger partial charge in [0.2, 0.25) is 0 Å². The molecule has 1 aliphatic heterocycles. The molecule has 6 heteroatoms. The van der Waals surface area contributed by atoms with E-state index in [0.29, 0.717) is 10.9 Å². The molecular formula is C27H25ClN2O2S. The molecular weight excluding hydrogens is 452 g/mol. The average molecular weight is 477 g/mol. The van der Waals surface area contributed by atoms with Crippen LogP contribution in [0.2, 0.25) is 5.02 Å². The zero-order chi connectivity index (χ0) is 22.7. The number of hydrogen-bond donors (Lipinski definition) is 1. The Morgan fingerprint density at radius 2 is 1.94 bits per heavy atom. The molecule has 33 heavy (non-hydrogen) atoms.